The number of nitrogens with one attached hydrogen (secondary N) is 1. The summed E-state index contributed by atoms with van der Waals surface area (Å²) in [5.41, 5.74) is 0. The lowest BCUT2D eigenvalue weighted by molar-refractivity contribution is -0.138. The highest BCUT2D eigenvalue weighted by Gasteiger charge is 2.31. The molecule has 0 saturated carbocycles. The van der Waals surface area contributed by atoms with E-state index in [-0.39, 0.29) is 18.4 Å². The van der Waals surface area contributed by atoms with Crippen molar-refractivity contribution in [2.45, 2.75) is 20.3 Å². The fourth-order valence-corrected chi connectivity index (χ4v) is 1.88. The van der Waals surface area contributed by atoms with Crippen LogP contribution in [0.2, 0.25) is 0 Å². The second-order valence-electron chi connectivity index (χ2n) is 4.26. The van der Waals surface area contributed by atoms with Crippen molar-refractivity contribution in [1.29, 1.82) is 0 Å². The Morgan fingerprint density at radius 3 is 2.60 bits per heavy atom. The zero-order valence-corrected chi connectivity index (χ0v) is 9.70. The molecule has 88 valence electrons. The van der Waals surface area contributed by atoms with Crippen molar-refractivity contribution in [2.75, 3.05) is 32.8 Å². The quantitative estimate of drug-likeness (QED) is 0.658. The van der Waals surface area contributed by atoms with Gasteiger partial charge >= 0.3 is 0 Å². The summed E-state index contributed by atoms with van der Waals surface area (Å²) in [5, 5.41) is 12.1. The second kappa shape index (κ2) is 6.08. The number of aliphatic hydroxyl groups is 1. The van der Waals surface area contributed by atoms with Crippen molar-refractivity contribution < 1.29 is 9.90 Å². The Bertz CT molecular complexity index is 199. The number of aliphatic hydroxyl groups excluding tert-OH is 1. The number of carbonyl (C=O) groups is 1. The van der Waals surface area contributed by atoms with Crippen LogP contribution >= 0.6 is 0 Å². The van der Waals surface area contributed by atoms with Crippen molar-refractivity contribution in [3.63, 3.8) is 0 Å². The molecule has 1 saturated heterocycles. The molecule has 1 atom stereocenters. The number of rotatable bonds is 6. The van der Waals surface area contributed by atoms with Crippen molar-refractivity contribution in [1.82, 2.24) is 10.2 Å². The van der Waals surface area contributed by atoms with Crippen LogP contribution in [0.5, 0.6) is 0 Å². The molecule has 1 aliphatic rings. The highest BCUT2D eigenvalue weighted by atomic mass is 16.3. The van der Waals surface area contributed by atoms with E-state index in [0.717, 1.165) is 26.1 Å². The Morgan fingerprint density at radius 1 is 1.53 bits per heavy atom. The van der Waals surface area contributed by atoms with Gasteiger partial charge in [0.1, 0.15) is 0 Å². The lowest BCUT2D eigenvalue weighted by Crippen LogP contribution is -2.50. The van der Waals surface area contributed by atoms with Gasteiger partial charge in [-0.05, 0) is 25.4 Å². The molecule has 1 aliphatic heterocycles. The largest absolute Gasteiger partial charge is 0.395 e. The third kappa shape index (κ3) is 3.18. The first-order valence-electron chi connectivity index (χ1n) is 5.81. The predicted octanol–water partition coefficient (Wildman–Crippen LogP) is 0.0728. The molecule has 4 heteroatoms. The van der Waals surface area contributed by atoms with Crippen LogP contribution in [0.25, 0.3) is 0 Å². The number of nitrogens with zero attached hydrogens (tertiary/aromatic N) is 1. The highest BCUT2D eigenvalue weighted by Crippen LogP contribution is 2.18. The maximum Gasteiger partial charge on any atom is 0.225 e. The van der Waals surface area contributed by atoms with Gasteiger partial charge in [-0.25, -0.2) is 0 Å². The van der Waals surface area contributed by atoms with Gasteiger partial charge in [0.15, 0.2) is 0 Å². The summed E-state index contributed by atoms with van der Waals surface area (Å²) in [6.45, 7) is 7.22. The number of hydrogen-bond acceptors (Lipinski definition) is 3. The average Bonchev–Trinajstić information content (AvgIpc) is 2.13. The van der Waals surface area contributed by atoms with Gasteiger partial charge in [-0.3, -0.25) is 4.79 Å². The van der Waals surface area contributed by atoms with Crippen molar-refractivity contribution >= 4 is 5.91 Å². The summed E-state index contributed by atoms with van der Waals surface area (Å²) in [6, 6.07) is 0. The normalized spacial score (nSPS) is 18.3. The summed E-state index contributed by atoms with van der Waals surface area (Å²) in [5.74, 6) is 0.761. The van der Waals surface area contributed by atoms with Crippen LogP contribution in [-0.4, -0.2) is 48.7 Å². The molecule has 0 aromatic carbocycles. The van der Waals surface area contributed by atoms with E-state index >= 15 is 0 Å². The highest BCUT2D eigenvalue weighted by molar-refractivity contribution is 5.79. The van der Waals surface area contributed by atoms with Crippen LogP contribution in [0.4, 0.5) is 0 Å². The average molecular weight is 214 g/mol. The summed E-state index contributed by atoms with van der Waals surface area (Å²) < 4.78 is 0. The molecule has 1 amide bonds. The smallest absolute Gasteiger partial charge is 0.225 e. The monoisotopic (exact) mass is 214 g/mol. The molecule has 0 aliphatic carbocycles. The Morgan fingerprint density at radius 2 is 2.20 bits per heavy atom. The van der Waals surface area contributed by atoms with Crippen LogP contribution in [-0.2, 0) is 4.79 Å². The zero-order valence-electron chi connectivity index (χ0n) is 9.70. The second-order valence-corrected chi connectivity index (χ2v) is 4.26. The molecule has 2 N–H and O–H groups in total. The van der Waals surface area contributed by atoms with E-state index in [2.05, 4.69) is 5.32 Å². The first-order valence-corrected chi connectivity index (χ1v) is 5.81. The molecule has 1 fully saturated rings. The molecular formula is C11H22N2O2. The van der Waals surface area contributed by atoms with E-state index in [9.17, 15) is 4.79 Å². The Balaban J connectivity index is 2.45. The van der Waals surface area contributed by atoms with Crippen LogP contribution in [0, 0.1) is 11.8 Å². The third-order valence-corrected chi connectivity index (χ3v) is 3.08. The molecule has 1 unspecified atom stereocenters. The summed E-state index contributed by atoms with van der Waals surface area (Å²) in [4.78, 5) is 13.8. The summed E-state index contributed by atoms with van der Waals surface area (Å²) in [7, 11) is 0. The standard InChI is InChI=1S/C11H22N2O2/c1-3-4-13(5-6-14)11(15)9(2)10-7-12-8-10/h9-10,12,14H,3-8H2,1-2H3. The molecule has 4 nitrogen and oxygen atoms in total. The minimum atomic E-state index is 0.0569. The van der Waals surface area contributed by atoms with Gasteiger partial charge in [0.2, 0.25) is 5.91 Å². The molecule has 1 heterocycles. The van der Waals surface area contributed by atoms with Crippen LogP contribution < -0.4 is 5.32 Å². The van der Waals surface area contributed by atoms with E-state index in [1.54, 1.807) is 4.90 Å². The van der Waals surface area contributed by atoms with Crippen LogP contribution in [0.1, 0.15) is 20.3 Å². The van der Waals surface area contributed by atoms with Gasteiger partial charge in [-0.1, -0.05) is 13.8 Å². The zero-order chi connectivity index (χ0) is 11.3. The molecule has 0 bridgehead atoms. The molecule has 15 heavy (non-hydrogen) atoms. The number of hydrogen-bond donors (Lipinski definition) is 2. The number of amides is 1. The Labute approximate surface area is 91.6 Å². The fourth-order valence-electron chi connectivity index (χ4n) is 1.88. The minimum Gasteiger partial charge on any atom is -0.395 e. The summed E-state index contributed by atoms with van der Waals surface area (Å²) >= 11 is 0. The Hall–Kier alpha value is -0.610. The maximum atomic E-state index is 12.0. The van der Waals surface area contributed by atoms with Crippen LogP contribution in [0.3, 0.4) is 0 Å². The Kier molecular flexibility index (Phi) is 5.05. The molecule has 0 aromatic heterocycles. The van der Waals surface area contributed by atoms with Gasteiger partial charge in [0.25, 0.3) is 0 Å². The third-order valence-electron chi connectivity index (χ3n) is 3.08. The lowest BCUT2D eigenvalue weighted by Gasteiger charge is -2.34. The maximum absolute atomic E-state index is 12.0. The van der Waals surface area contributed by atoms with E-state index in [1.807, 2.05) is 13.8 Å². The van der Waals surface area contributed by atoms with Crippen LogP contribution in [0.15, 0.2) is 0 Å². The van der Waals surface area contributed by atoms with Gasteiger partial charge in [-0.2, -0.15) is 0 Å². The van der Waals surface area contributed by atoms with Crippen molar-refractivity contribution in [3.8, 4) is 0 Å². The molecular weight excluding hydrogens is 192 g/mol. The van der Waals surface area contributed by atoms with E-state index in [0.29, 0.717) is 12.5 Å². The molecule has 0 spiro atoms. The van der Waals surface area contributed by atoms with Crippen molar-refractivity contribution in [3.05, 3.63) is 0 Å². The van der Waals surface area contributed by atoms with E-state index < -0.39 is 0 Å². The first kappa shape index (κ1) is 12.5. The predicted molar refractivity (Wildman–Crippen MR) is 59.5 cm³/mol. The fraction of sp³-hybridized carbons (Fsp3) is 0.909. The first-order chi connectivity index (χ1) is 7.20. The lowest BCUT2D eigenvalue weighted by atomic mass is 9.88. The van der Waals surface area contributed by atoms with Crippen molar-refractivity contribution in [2.24, 2.45) is 11.8 Å². The molecule has 1 rings (SSSR count). The van der Waals surface area contributed by atoms with Gasteiger partial charge in [0.05, 0.1) is 6.61 Å². The van der Waals surface area contributed by atoms with E-state index in [4.69, 9.17) is 5.11 Å². The van der Waals surface area contributed by atoms with Gasteiger partial charge in [0, 0.05) is 19.0 Å². The van der Waals surface area contributed by atoms with E-state index in [1.165, 1.54) is 0 Å². The minimum absolute atomic E-state index is 0.0569. The summed E-state index contributed by atoms with van der Waals surface area (Å²) in [6.07, 6.45) is 0.946. The van der Waals surface area contributed by atoms with Gasteiger partial charge in [-0.15, -0.1) is 0 Å². The van der Waals surface area contributed by atoms with Gasteiger partial charge < -0.3 is 15.3 Å². The molecule has 0 aromatic rings. The number of carbonyl (C=O) groups excluding carboxylic acids is 1. The molecule has 0 radical (unpaired) electrons. The SMILES string of the molecule is CCCN(CCO)C(=O)C(C)C1CNC1. The topological polar surface area (TPSA) is 52.6 Å².